The standard InChI is InChI=1S/C17H20N2O2/c1-2-20-15-5-3-12(4-6-15)13-9-14(11-19-10-13)17-16(18)7-8-21-17/h3-6,9-11,16-17H,2,7-8,18H2,1H3/t16-,17+/m1/s1. The molecule has 4 heteroatoms. The van der Waals surface area contributed by atoms with E-state index in [0.29, 0.717) is 6.61 Å². The molecular formula is C17H20N2O2. The molecule has 2 N–H and O–H groups in total. The minimum Gasteiger partial charge on any atom is -0.494 e. The van der Waals surface area contributed by atoms with E-state index in [2.05, 4.69) is 11.1 Å². The van der Waals surface area contributed by atoms with Crippen LogP contribution in [0.25, 0.3) is 11.1 Å². The number of benzene rings is 1. The number of pyridine rings is 1. The fourth-order valence-corrected chi connectivity index (χ4v) is 2.63. The summed E-state index contributed by atoms with van der Waals surface area (Å²) in [5, 5.41) is 0. The van der Waals surface area contributed by atoms with Crippen molar-refractivity contribution in [2.45, 2.75) is 25.5 Å². The Morgan fingerprint density at radius 2 is 2.05 bits per heavy atom. The maximum absolute atomic E-state index is 6.08. The molecule has 21 heavy (non-hydrogen) atoms. The van der Waals surface area contributed by atoms with Crippen molar-refractivity contribution in [1.82, 2.24) is 4.98 Å². The molecular weight excluding hydrogens is 264 g/mol. The second kappa shape index (κ2) is 6.24. The zero-order valence-corrected chi connectivity index (χ0v) is 12.2. The van der Waals surface area contributed by atoms with Crippen molar-refractivity contribution in [3.63, 3.8) is 0 Å². The molecule has 0 radical (unpaired) electrons. The van der Waals surface area contributed by atoms with Crippen molar-refractivity contribution in [2.24, 2.45) is 5.73 Å². The Kier molecular flexibility index (Phi) is 4.18. The van der Waals surface area contributed by atoms with Crippen molar-refractivity contribution in [3.05, 3.63) is 48.3 Å². The fourth-order valence-electron chi connectivity index (χ4n) is 2.63. The monoisotopic (exact) mass is 284 g/mol. The SMILES string of the molecule is CCOc1ccc(-c2cncc([C@@H]3OCC[C@H]3N)c2)cc1. The van der Waals surface area contributed by atoms with Crippen LogP contribution in [-0.2, 0) is 4.74 Å². The summed E-state index contributed by atoms with van der Waals surface area (Å²) in [4.78, 5) is 4.33. The van der Waals surface area contributed by atoms with Crippen molar-refractivity contribution < 1.29 is 9.47 Å². The molecule has 0 spiro atoms. The van der Waals surface area contributed by atoms with Gasteiger partial charge >= 0.3 is 0 Å². The average molecular weight is 284 g/mol. The zero-order chi connectivity index (χ0) is 14.7. The molecule has 0 unspecified atom stereocenters. The van der Waals surface area contributed by atoms with Crippen LogP contribution in [0.5, 0.6) is 5.75 Å². The Bertz CT molecular complexity index is 598. The first kappa shape index (κ1) is 14.0. The van der Waals surface area contributed by atoms with E-state index in [9.17, 15) is 0 Å². The van der Waals surface area contributed by atoms with Gasteiger partial charge in [0.2, 0.25) is 0 Å². The van der Waals surface area contributed by atoms with Gasteiger partial charge in [0.15, 0.2) is 0 Å². The van der Waals surface area contributed by atoms with Gasteiger partial charge in [-0.05, 0) is 37.1 Å². The van der Waals surface area contributed by atoms with Gasteiger partial charge in [-0.3, -0.25) is 4.98 Å². The van der Waals surface area contributed by atoms with Crippen LogP contribution in [0.4, 0.5) is 0 Å². The van der Waals surface area contributed by atoms with Gasteiger partial charge in [-0.1, -0.05) is 12.1 Å². The van der Waals surface area contributed by atoms with E-state index < -0.39 is 0 Å². The number of hydrogen-bond donors (Lipinski definition) is 1. The van der Waals surface area contributed by atoms with Crippen LogP contribution < -0.4 is 10.5 Å². The van der Waals surface area contributed by atoms with Gasteiger partial charge in [-0.2, -0.15) is 0 Å². The molecule has 1 saturated heterocycles. The fraction of sp³-hybridized carbons (Fsp3) is 0.353. The predicted molar refractivity (Wildman–Crippen MR) is 82.1 cm³/mol. The maximum Gasteiger partial charge on any atom is 0.119 e. The van der Waals surface area contributed by atoms with E-state index in [-0.39, 0.29) is 12.1 Å². The first-order valence-corrected chi connectivity index (χ1v) is 7.33. The Morgan fingerprint density at radius 3 is 2.71 bits per heavy atom. The third-order valence-corrected chi connectivity index (χ3v) is 3.72. The van der Waals surface area contributed by atoms with E-state index in [1.54, 1.807) is 0 Å². The number of aromatic nitrogens is 1. The van der Waals surface area contributed by atoms with Gasteiger partial charge in [0.25, 0.3) is 0 Å². The van der Waals surface area contributed by atoms with Gasteiger partial charge < -0.3 is 15.2 Å². The quantitative estimate of drug-likeness (QED) is 0.938. The molecule has 1 aliphatic rings. The highest BCUT2D eigenvalue weighted by molar-refractivity contribution is 5.64. The van der Waals surface area contributed by atoms with Crippen LogP contribution in [0.1, 0.15) is 25.0 Å². The van der Waals surface area contributed by atoms with E-state index >= 15 is 0 Å². The van der Waals surface area contributed by atoms with E-state index in [1.807, 2.05) is 43.6 Å². The summed E-state index contributed by atoms with van der Waals surface area (Å²) in [5.74, 6) is 0.881. The molecule has 2 atom stereocenters. The van der Waals surface area contributed by atoms with Gasteiger partial charge in [0.1, 0.15) is 5.75 Å². The molecule has 1 aliphatic heterocycles. The van der Waals surface area contributed by atoms with Gasteiger partial charge in [-0.25, -0.2) is 0 Å². The lowest BCUT2D eigenvalue weighted by Crippen LogP contribution is -2.23. The minimum atomic E-state index is -0.0415. The normalized spacial score (nSPS) is 21.4. The van der Waals surface area contributed by atoms with Gasteiger partial charge in [-0.15, -0.1) is 0 Å². The van der Waals surface area contributed by atoms with Crippen molar-refractivity contribution in [3.8, 4) is 16.9 Å². The van der Waals surface area contributed by atoms with Crippen LogP contribution in [0, 0.1) is 0 Å². The predicted octanol–water partition coefficient (Wildman–Crippen LogP) is 2.94. The second-order valence-corrected chi connectivity index (χ2v) is 5.21. The van der Waals surface area contributed by atoms with Crippen LogP contribution in [-0.4, -0.2) is 24.2 Å². The van der Waals surface area contributed by atoms with Crippen LogP contribution in [0.15, 0.2) is 42.7 Å². The Balaban J connectivity index is 1.85. The third-order valence-electron chi connectivity index (χ3n) is 3.72. The van der Waals surface area contributed by atoms with E-state index in [1.165, 1.54) is 0 Å². The molecule has 3 rings (SSSR count). The number of ether oxygens (including phenoxy) is 2. The first-order chi connectivity index (χ1) is 10.3. The largest absolute Gasteiger partial charge is 0.494 e. The van der Waals surface area contributed by atoms with Crippen molar-refractivity contribution in [2.75, 3.05) is 13.2 Å². The highest BCUT2D eigenvalue weighted by Crippen LogP contribution is 2.30. The Morgan fingerprint density at radius 1 is 1.24 bits per heavy atom. The molecule has 1 aromatic carbocycles. The Hall–Kier alpha value is -1.91. The van der Waals surface area contributed by atoms with E-state index in [4.69, 9.17) is 15.2 Å². The van der Waals surface area contributed by atoms with Gasteiger partial charge in [0.05, 0.1) is 12.7 Å². The second-order valence-electron chi connectivity index (χ2n) is 5.21. The molecule has 2 heterocycles. The number of rotatable bonds is 4. The number of hydrogen-bond acceptors (Lipinski definition) is 4. The summed E-state index contributed by atoms with van der Waals surface area (Å²) in [6, 6.07) is 10.2. The molecule has 1 fully saturated rings. The van der Waals surface area contributed by atoms with Crippen molar-refractivity contribution >= 4 is 0 Å². The zero-order valence-electron chi connectivity index (χ0n) is 12.2. The van der Waals surface area contributed by atoms with Crippen LogP contribution in [0.3, 0.4) is 0 Å². The summed E-state index contributed by atoms with van der Waals surface area (Å²) >= 11 is 0. The molecule has 0 saturated carbocycles. The lowest BCUT2D eigenvalue weighted by Gasteiger charge is -2.15. The lowest BCUT2D eigenvalue weighted by molar-refractivity contribution is 0.105. The summed E-state index contributed by atoms with van der Waals surface area (Å²) < 4.78 is 11.2. The molecule has 0 bridgehead atoms. The topological polar surface area (TPSA) is 57.4 Å². The molecule has 2 aromatic rings. The maximum atomic E-state index is 6.08. The summed E-state index contributed by atoms with van der Waals surface area (Å²) in [6.45, 7) is 3.37. The molecule has 110 valence electrons. The first-order valence-electron chi connectivity index (χ1n) is 7.33. The highest BCUT2D eigenvalue weighted by atomic mass is 16.5. The summed E-state index contributed by atoms with van der Waals surface area (Å²) in [6.07, 6.45) is 4.56. The van der Waals surface area contributed by atoms with Crippen LogP contribution >= 0.6 is 0 Å². The molecule has 0 aliphatic carbocycles. The van der Waals surface area contributed by atoms with Crippen LogP contribution in [0.2, 0.25) is 0 Å². The van der Waals surface area contributed by atoms with Gasteiger partial charge in [0, 0.05) is 36.2 Å². The molecule has 1 aromatic heterocycles. The Labute approximate surface area is 124 Å². The lowest BCUT2D eigenvalue weighted by atomic mass is 10.0. The van der Waals surface area contributed by atoms with Crippen molar-refractivity contribution in [1.29, 1.82) is 0 Å². The molecule has 0 amide bonds. The third kappa shape index (κ3) is 3.06. The highest BCUT2D eigenvalue weighted by Gasteiger charge is 2.26. The summed E-state index contributed by atoms with van der Waals surface area (Å²) in [5.41, 5.74) is 9.31. The van der Waals surface area contributed by atoms with E-state index in [0.717, 1.165) is 35.5 Å². The smallest absolute Gasteiger partial charge is 0.119 e. The minimum absolute atomic E-state index is 0.0415. The molecule has 4 nitrogen and oxygen atoms in total. The number of nitrogens with two attached hydrogens (primary N) is 1. The summed E-state index contributed by atoms with van der Waals surface area (Å²) in [7, 11) is 0. The number of nitrogens with zero attached hydrogens (tertiary/aromatic N) is 1. The average Bonchev–Trinajstić information content (AvgIpc) is 2.95.